The fraction of sp³-hybridized carbons (Fsp3) is 0.534. The minimum absolute atomic E-state index is 0.0858. The molecule has 2 nitrogen and oxygen atoms in total. The lowest BCUT2D eigenvalue weighted by Crippen LogP contribution is -2.52. The molecular formula is C103H172B2N2Si3. The number of hydrogen-bond acceptors (Lipinski definition) is 2. The van der Waals surface area contributed by atoms with Crippen LogP contribution >= 0.6 is 0 Å². The van der Waals surface area contributed by atoms with Gasteiger partial charge in [0.15, 0.2) is 13.4 Å². The van der Waals surface area contributed by atoms with Crippen LogP contribution in [0.3, 0.4) is 0 Å². The van der Waals surface area contributed by atoms with E-state index in [-0.39, 0.29) is 5.41 Å². The van der Waals surface area contributed by atoms with E-state index >= 15 is 0 Å². The highest BCUT2D eigenvalue weighted by Gasteiger charge is 2.29. The molecule has 0 aromatic heterocycles. The van der Waals surface area contributed by atoms with Crippen LogP contribution in [-0.2, 0) is 5.41 Å². The Morgan fingerprint density at radius 2 is 0.536 bits per heavy atom. The zero-order chi connectivity index (χ0) is 85.8. The summed E-state index contributed by atoms with van der Waals surface area (Å²) in [7, 11) is 5.50. The van der Waals surface area contributed by atoms with Gasteiger partial charge in [0.1, 0.15) is 8.07 Å². The van der Waals surface area contributed by atoms with E-state index in [1.807, 2.05) is 0 Å². The van der Waals surface area contributed by atoms with E-state index in [4.69, 9.17) is 0 Å². The van der Waals surface area contributed by atoms with E-state index in [0.29, 0.717) is 47.9 Å². The minimum Gasteiger partial charge on any atom is -0.377 e. The Balaban J connectivity index is 0. The van der Waals surface area contributed by atoms with Gasteiger partial charge in [-0.2, -0.15) is 0 Å². The average molecular weight is 1540 g/mol. The Labute approximate surface area is 689 Å². The average Bonchev–Trinajstić information content (AvgIpc) is 0.816. The Morgan fingerprint density at radius 1 is 0.300 bits per heavy atom. The summed E-state index contributed by atoms with van der Waals surface area (Å²) >= 11 is 0. The van der Waals surface area contributed by atoms with Crippen molar-refractivity contribution < 1.29 is 0 Å². The van der Waals surface area contributed by atoms with Gasteiger partial charge in [-0.1, -0.05) is 495 Å². The highest BCUT2D eigenvalue weighted by atomic mass is 28.3. The molecule has 0 N–H and O–H groups in total. The fourth-order valence-corrected chi connectivity index (χ4v) is 16.4. The van der Waals surface area contributed by atoms with Crippen molar-refractivity contribution >= 4 is 70.3 Å². The maximum atomic E-state index is 2.47. The van der Waals surface area contributed by atoms with Gasteiger partial charge in [0, 0.05) is 53.1 Å². The molecule has 8 aromatic carbocycles. The lowest BCUT2D eigenvalue weighted by molar-refractivity contribution is 0.165. The van der Waals surface area contributed by atoms with E-state index in [2.05, 4.69) is 506 Å². The summed E-state index contributed by atoms with van der Waals surface area (Å²) in [5.74, 6) is 4.00. The second kappa shape index (κ2) is 50.4. The molecule has 0 bridgehead atoms. The standard InChI is InChI=1S/C15H16.C14H23B.C14H23N.C14H16Si.C10H15B.C10H15N.C9H20.C8H20Si.C5H12.C4H12Si/c1-15(2,13-9-5-3-6-10-13)14-11-7-4-8-12-14;2*1-10(2)12-8-7-9-13(11(3)4)14(12)15(5)6;1-15(2,13-9-5-3-6-10-13)14-11-7-4-8-12-14;2*1-8-6-5-7-9(2)10(8)11(3)4;2*1-7(2)9(5,6)8(3)4;2*1-5(2,3)4/h3-12H,1-2H3;2*7-11H,1-6H3;3-12H,1-2H3;2*5-7H,1-4H3;2*7-8H,1-6H3;2*1-4H3. The van der Waals surface area contributed by atoms with Gasteiger partial charge in [0.2, 0.25) is 0 Å². The van der Waals surface area contributed by atoms with E-state index in [9.17, 15) is 0 Å². The maximum Gasteiger partial charge on any atom is 0.170 e. The fourth-order valence-electron chi connectivity index (χ4n) is 12.6. The van der Waals surface area contributed by atoms with Gasteiger partial charge >= 0.3 is 0 Å². The molecule has 0 atom stereocenters. The van der Waals surface area contributed by atoms with Gasteiger partial charge in [-0.25, -0.2) is 0 Å². The van der Waals surface area contributed by atoms with Crippen LogP contribution in [0.15, 0.2) is 194 Å². The SMILES string of the molecule is CB(C)c1c(C(C)C)cccc1C(C)C.CB(C)c1c(C)cccc1C.CC(C)(C)C.CC(C)(c1ccccc1)c1ccccc1.CC(C)C(C)(C)C(C)C.CC(C)[Si](C)(C)C(C)C.CC(C)c1cccc(C(C)C)c1N(C)C.C[Si](C)(C)C.C[Si](C)(c1ccccc1)c1ccccc1.Cc1cccc(C)c1N(C)C. The molecule has 0 radical (unpaired) electrons. The van der Waals surface area contributed by atoms with Gasteiger partial charge in [-0.15, -0.1) is 0 Å². The molecule has 0 fully saturated rings. The molecule has 110 heavy (non-hydrogen) atoms. The molecule has 0 heterocycles. The van der Waals surface area contributed by atoms with Gasteiger partial charge in [-0.3, -0.25) is 0 Å². The molecule has 0 amide bonds. The molecule has 0 aliphatic rings. The quantitative estimate of drug-likeness (QED) is 0.0890. The zero-order valence-electron chi connectivity index (χ0n) is 80.1. The second-order valence-corrected chi connectivity index (χ2v) is 56.2. The molecule has 0 aliphatic heterocycles. The summed E-state index contributed by atoms with van der Waals surface area (Å²) in [6.45, 7) is 92.7. The van der Waals surface area contributed by atoms with Gasteiger partial charge < -0.3 is 9.80 Å². The molecule has 0 spiro atoms. The first kappa shape index (κ1) is 106. The third kappa shape index (κ3) is 39.7. The van der Waals surface area contributed by atoms with Crippen molar-refractivity contribution in [2.75, 3.05) is 38.0 Å². The number of benzene rings is 8. The third-order valence-electron chi connectivity index (χ3n) is 21.7. The Hall–Kier alpha value is -5.86. The van der Waals surface area contributed by atoms with Crippen LogP contribution in [0.25, 0.3) is 0 Å². The number of anilines is 2. The molecule has 8 aromatic rings. The topological polar surface area (TPSA) is 6.48 Å². The van der Waals surface area contributed by atoms with E-state index in [1.54, 1.807) is 5.46 Å². The highest BCUT2D eigenvalue weighted by Crippen LogP contribution is 2.36. The molecule has 8 rings (SSSR count). The molecular weight excluding hydrogens is 1370 g/mol. The maximum absolute atomic E-state index is 2.47. The van der Waals surface area contributed by atoms with Crippen molar-refractivity contribution in [3.63, 3.8) is 0 Å². The van der Waals surface area contributed by atoms with Crippen LogP contribution < -0.4 is 31.1 Å². The van der Waals surface area contributed by atoms with Crippen molar-refractivity contribution in [1.29, 1.82) is 0 Å². The van der Waals surface area contributed by atoms with Crippen LogP contribution in [0.1, 0.15) is 245 Å². The van der Waals surface area contributed by atoms with Crippen molar-refractivity contribution in [2.45, 2.75) is 314 Å². The lowest BCUT2D eigenvalue weighted by Gasteiger charge is -2.33. The van der Waals surface area contributed by atoms with E-state index in [0.717, 1.165) is 22.9 Å². The van der Waals surface area contributed by atoms with Gasteiger partial charge in [-0.05, 0) is 107 Å². The number of rotatable bonds is 16. The number of hydrogen-bond donors (Lipinski definition) is 0. The molecule has 0 saturated carbocycles. The van der Waals surface area contributed by atoms with Gasteiger partial charge in [0.05, 0.1) is 8.07 Å². The lowest BCUT2D eigenvalue weighted by atomic mass is 9.46. The predicted octanol–water partition coefficient (Wildman–Crippen LogP) is 29.9. The van der Waals surface area contributed by atoms with E-state index in [1.165, 1.54) is 82.8 Å². The molecule has 0 unspecified atom stereocenters. The summed E-state index contributed by atoms with van der Waals surface area (Å²) in [4.78, 5) is 4.40. The third-order valence-corrected chi connectivity index (χ3v) is 31.2. The Bertz CT molecular complexity index is 3260. The molecule has 612 valence electrons. The first-order valence-electron chi connectivity index (χ1n) is 42.3. The predicted molar refractivity (Wildman–Crippen MR) is 524 cm³/mol. The minimum atomic E-state index is -1.46. The summed E-state index contributed by atoms with van der Waals surface area (Å²) < 4.78 is 0. The van der Waals surface area contributed by atoms with Crippen molar-refractivity contribution in [3.8, 4) is 0 Å². The smallest absolute Gasteiger partial charge is 0.170 e. The van der Waals surface area contributed by atoms with Crippen molar-refractivity contribution in [1.82, 2.24) is 0 Å². The molecule has 0 aliphatic carbocycles. The largest absolute Gasteiger partial charge is 0.377 e. The van der Waals surface area contributed by atoms with Crippen LogP contribution in [0.5, 0.6) is 0 Å². The Kier molecular flexibility index (Phi) is 48.6. The Morgan fingerprint density at radius 3 is 0.727 bits per heavy atom. The molecule has 7 heteroatoms. The summed E-state index contributed by atoms with van der Waals surface area (Å²) in [5.41, 5.74) is 22.9. The number of nitrogens with zero attached hydrogens (tertiary/aromatic N) is 2. The summed E-state index contributed by atoms with van der Waals surface area (Å²) in [5, 5.41) is 2.99. The van der Waals surface area contributed by atoms with Crippen LogP contribution in [0, 0.1) is 50.4 Å². The summed E-state index contributed by atoms with van der Waals surface area (Å²) in [6, 6.07) is 69.2. The highest BCUT2D eigenvalue weighted by molar-refractivity contribution is 7.00. The van der Waals surface area contributed by atoms with E-state index < -0.39 is 24.2 Å². The monoisotopic (exact) mass is 1540 g/mol. The van der Waals surface area contributed by atoms with Crippen molar-refractivity contribution in [3.05, 3.63) is 250 Å². The normalized spacial score (nSPS) is 11.4. The van der Waals surface area contributed by atoms with Crippen LogP contribution in [0.4, 0.5) is 11.4 Å². The van der Waals surface area contributed by atoms with Crippen molar-refractivity contribution in [2.24, 2.45) is 22.7 Å². The van der Waals surface area contributed by atoms with Crippen LogP contribution in [-0.4, -0.2) is 65.8 Å². The van der Waals surface area contributed by atoms with Gasteiger partial charge in [0.25, 0.3) is 0 Å². The zero-order valence-corrected chi connectivity index (χ0v) is 83.1. The first-order valence-corrected chi connectivity index (χ1v) is 52.4. The number of aryl methyl sites for hydroxylation is 4. The molecule has 0 saturated heterocycles. The first-order chi connectivity index (χ1) is 50.3. The second-order valence-electron chi connectivity index (χ2n) is 39.9. The van der Waals surface area contributed by atoms with Crippen LogP contribution in [0.2, 0.25) is 90.8 Å². The summed E-state index contributed by atoms with van der Waals surface area (Å²) in [6.07, 6.45) is 0. The number of para-hydroxylation sites is 2.